The van der Waals surface area contributed by atoms with E-state index in [0.717, 1.165) is 20.6 Å². The summed E-state index contributed by atoms with van der Waals surface area (Å²) in [5, 5.41) is 12.3. The fourth-order valence-electron chi connectivity index (χ4n) is 2.09. The van der Waals surface area contributed by atoms with Crippen LogP contribution < -0.4 is 5.73 Å². The molecule has 1 unspecified atom stereocenters. The second-order valence-electron chi connectivity index (χ2n) is 4.62. The molecule has 3 N–H and O–H groups in total. The summed E-state index contributed by atoms with van der Waals surface area (Å²) < 4.78 is 1.86. The lowest BCUT2D eigenvalue weighted by Gasteiger charge is -2.10. The molecule has 0 aliphatic carbocycles. The van der Waals surface area contributed by atoms with E-state index in [1.165, 1.54) is 23.1 Å². The van der Waals surface area contributed by atoms with Crippen molar-refractivity contribution >= 4 is 45.6 Å². The number of aliphatic carboxylic acids is 1. The van der Waals surface area contributed by atoms with Gasteiger partial charge in [0.1, 0.15) is 5.03 Å². The molecular formula is C14H12ClN3O2S2. The van der Waals surface area contributed by atoms with E-state index >= 15 is 0 Å². The van der Waals surface area contributed by atoms with Crippen LogP contribution >= 0.6 is 34.7 Å². The summed E-state index contributed by atoms with van der Waals surface area (Å²) in [5.41, 5.74) is 6.79. The molecule has 0 aliphatic rings. The SMILES string of the molecule is NC(CC(=O)O)c1c(Sc2ccc(Cl)cc2)nc2sccn12. The van der Waals surface area contributed by atoms with Crippen LogP contribution in [0.2, 0.25) is 5.02 Å². The van der Waals surface area contributed by atoms with E-state index in [0.29, 0.717) is 5.02 Å². The number of carboxylic acids is 1. The van der Waals surface area contributed by atoms with Gasteiger partial charge in [-0.05, 0) is 24.3 Å². The number of fused-ring (bicyclic) bond motifs is 1. The third kappa shape index (κ3) is 3.12. The molecule has 3 rings (SSSR count). The van der Waals surface area contributed by atoms with Crippen LogP contribution in [0.1, 0.15) is 18.2 Å². The molecule has 0 saturated carbocycles. The van der Waals surface area contributed by atoms with Gasteiger partial charge in [0.05, 0.1) is 18.2 Å². The van der Waals surface area contributed by atoms with E-state index in [1.807, 2.05) is 28.1 Å². The first-order valence-corrected chi connectivity index (χ1v) is 8.48. The monoisotopic (exact) mass is 353 g/mol. The van der Waals surface area contributed by atoms with Gasteiger partial charge in [-0.15, -0.1) is 11.3 Å². The van der Waals surface area contributed by atoms with E-state index in [-0.39, 0.29) is 6.42 Å². The van der Waals surface area contributed by atoms with Crippen molar-refractivity contribution in [1.82, 2.24) is 9.38 Å². The van der Waals surface area contributed by atoms with Crippen LogP contribution in [-0.2, 0) is 4.79 Å². The predicted octanol–water partition coefficient (Wildman–Crippen LogP) is 3.67. The normalized spacial score (nSPS) is 12.6. The van der Waals surface area contributed by atoms with Crippen LogP contribution in [0, 0.1) is 0 Å². The number of rotatable bonds is 5. The molecule has 114 valence electrons. The lowest BCUT2D eigenvalue weighted by molar-refractivity contribution is -0.137. The molecule has 1 aromatic carbocycles. The van der Waals surface area contributed by atoms with Crippen LogP contribution in [0.5, 0.6) is 0 Å². The number of hydrogen-bond donors (Lipinski definition) is 2. The number of nitrogens with two attached hydrogens (primary N) is 1. The van der Waals surface area contributed by atoms with Crippen molar-refractivity contribution in [1.29, 1.82) is 0 Å². The second-order valence-corrected chi connectivity index (χ2v) is 6.99. The summed E-state index contributed by atoms with van der Waals surface area (Å²) in [5.74, 6) is -0.930. The van der Waals surface area contributed by atoms with Gasteiger partial charge in [-0.3, -0.25) is 9.20 Å². The molecule has 0 bridgehead atoms. The highest BCUT2D eigenvalue weighted by Gasteiger charge is 2.22. The molecule has 0 saturated heterocycles. The smallest absolute Gasteiger partial charge is 0.305 e. The van der Waals surface area contributed by atoms with Crippen LogP contribution in [0.25, 0.3) is 4.96 Å². The van der Waals surface area contributed by atoms with Crippen LogP contribution in [0.3, 0.4) is 0 Å². The highest BCUT2D eigenvalue weighted by molar-refractivity contribution is 7.99. The van der Waals surface area contributed by atoms with E-state index in [4.69, 9.17) is 22.4 Å². The third-order valence-corrected chi connectivity index (χ3v) is 5.05. The van der Waals surface area contributed by atoms with Crippen LogP contribution in [-0.4, -0.2) is 20.5 Å². The summed E-state index contributed by atoms with van der Waals surface area (Å²) in [7, 11) is 0. The molecule has 2 aromatic heterocycles. The Morgan fingerprint density at radius 2 is 2.18 bits per heavy atom. The first-order valence-electron chi connectivity index (χ1n) is 6.41. The summed E-state index contributed by atoms with van der Waals surface area (Å²) in [6.07, 6.45) is 1.72. The third-order valence-electron chi connectivity index (χ3n) is 3.04. The maximum atomic E-state index is 11.0. The van der Waals surface area contributed by atoms with Gasteiger partial charge in [-0.2, -0.15) is 0 Å². The standard InChI is InChI=1S/C14H12ClN3O2S2/c15-8-1-3-9(4-2-8)22-13-12(10(16)7-11(19)20)18-5-6-21-14(18)17-13/h1-6,10H,7,16H2,(H,19,20). The first-order chi connectivity index (χ1) is 10.5. The molecule has 0 radical (unpaired) electrons. The Kier molecular flexibility index (Phi) is 4.39. The number of benzene rings is 1. The van der Waals surface area contributed by atoms with Crippen LogP contribution in [0.4, 0.5) is 0 Å². The first kappa shape index (κ1) is 15.4. The maximum absolute atomic E-state index is 11.0. The summed E-state index contributed by atoms with van der Waals surface area (Å²) >= 11 is 8.83. The Balaban J connectivity index is 1.99. The molecule has 0 amide bonds. The van der Waals surface area contributed by atoms with Crippen LogP contribution in [0.15, 0.2) is 45.8 Å². The zero-order valence-corrected chi connectivity index (χ0v) is 13.7. The molecule has 0 spiro atoms. The minimum Gasteiger partial charge on any atom is -0.481 e. The van der Waals surface area contributed by atoms with Crippen molar-refractivity contribution in [2.45, 2.75) is 22.4 Å². The minimum atomic E-state index is -0.930. The quantitative estimate of drug-likeness (QED) is 0.731. The zero-order valence-electron chi connectivity index (χ0n) is 11.3. The summed E-state index contributed by atoms with van der Waals surface area (Å²) in [6, 6.07) is 6.79. The number of thiazole rings is 1. The number of halogens is 1. The topological polar surface area (TPSA) is 80.6 Å². The highest BCUT2D eigenvalue weighted by Crippen LogP contribution is 2.35. The average molecular weight is 354 g/mol. The van der Waals surface area contributed by atoms with Gasteiger partial charge in [0, 0.05) is 21.5 Å². The van der Waals surface area contributed by atoms with Crippen molar-refractivity contribution < 1.29 is 9.90 Å². The Morgan fingerprint density at radius 3 is 2.86 bits per heavy atom. The van der Waals surface area contributed by atoms with Gasteiger partial charge in [0.2, 0.25) is 0 Å². The Bertz CT molecular complexity index is 813. The Labute approximate surface area is 139 Å². The fraction of sp³-hybridized carbons (Fsp3) is 0.143. The van der Waals surface area contributed by atoms with Crippen molar-refractivity contribution in [3.63, 3.8) is 0 Å². The molecule has 0 aliphatic heterocycles. The Hall–Kier alpha value is -1.54. The van der Waals surface area contributed by atoms with E-state index in [2.05, 4.69) is 4.98 Å². The minimum absolute atomic E-state index is 0.141. The van der Waals surface area contributed by atoms with Gasteiger partial charge in [-0.1, -0.05) is 23.4 Å². The van der Waals surface area contributed by atoms with Gasteiger partial charge in [-0.25, -0.2) is 4.98 Å². The zero-order chi connectivity index (χ0) is 15.7. The Morgan fingerprint density at radius 1 is 1.45 bits per heavy atom. The molecule has 3 aromatic rings. The number of imidazole rings is 1. The molecule has 22 heavy (non-hydrogen) atoms. The summed E-state index contributed by atoms with van der Waals surface area (Å²) in [4.78, 5) is 17.3. The molecule has 8 heteroatoms. The molecule has 0 fully saturated rings. The summed E-state index contributed by atoms with van der Waals surface area (Å²) in [6.45, 7) is 0. The van der Waals surface area contributed by atoms with Gasteiger partial charge in [0.15, 0.2) is 4.96 Å². The lowest BCUT2D eigenvalue weighted by Crippen LogP contribution is -2.17. The molecule has 2 heterocycles. The number of nitrogens with zero attached hydrogens (tertiary/aromatic N) is 2. The number of carboxylic acid groups (broad SMARTS) is 1. The molecular weight excluding hydrogens is 342 g/mol. The highest BCUT2D eigenvalue weighted by atomic mass is 35.5. The van der Waals surface area contributed by atoms with Gasteiger partial charge in [0.25, 0.3) is 0 Å². The largest absolute Gasteiger partial charge is 0.481 e. The fourth-order valence-corrected chi connectivity index (χ4v) is 3.98. The predicted molar refractivity (Wildman–Crippen MR) is 87.8 cm³/mol. The van der Waals surface area contributed by atoms with Crippen molar-refractivity contribution in [3.8, 4) is 0 Å². The van der Waals surface area contributed by atoms with E-state index < -0.39 is 12.0 Å². The van der Waals surface area contributed by atoms with Gasteiger partial charge < -0.3 is 10.8 Å². The van der Waals surface area contributed by atoms with Gasteiger partial charge >= 0.3 is 5.97 Å². The van der Waals surface area contributed by atoms with Crippen molar-refractivity contribution in [2.75, 3.05) is 0 Å². The molecule has 1 atom stereocenters. The maximum Gasteiger partial charge on any atom is 0.305 e. The van der Waals surface area contributed by atoms with E-state index in [1.54, 1.807) is 12.1 Å². The van der Waals surface area contributed by atoms with Crippen molar-refractivity contribution in [3.05, 3.63) is 46.6 Å². The van der Waals surface area contributed by atoms with E-state index in [9.17, 15) is 4.79 Å². The number of aromatic nitrogens is 2. The second kappa shape index (κ2) is 6.29. The lowest BCUT2D eigenvalue weighted by atomic mass is 10.1. The number of carbonyl (C=O) groups is 1. The van der Waals surface area contributed by atoms with Crippen molar-refractivity contribution in [2.24, 2.45) is 5.73 Å². The number of hydrogen-bond acceptors (Lipinski definition) is 5. The average Bonchev–Trinajstić information content (AvgIpc) is 3.00. The molecule has 5 nitrogen and oxygen atoms in total.